The molecule has 2 N–H and O–H groups in total. The third-order valence-corrected chi connectivity index (χ3v) is 2.84. The average molecular weight is 228 g/mol. The molecule has 0 amide bonds. The van der Waals surface area contributed by atoms with E-state index in [0.29, 0.717) is 5.56 Å². The number of phenols is 1. The van der Waals surface area contributed by atoms with E-state index in [4.69, 9.17) is 5.11 Å². The summed E-state index contributed by atoms with van der Waals surface area (Å²) in [5.41, 5.74) is 4.14. The Labute approximate surface area is 101 Å². The Morgan fingerprint density at radius 2 is 1.59 bits per heavy atom. The fraction of sp³-hybridized carbons (Fsp3) is 0.200. The zero-order chi connectivity index (χ0) is 12.3. The molecule has 0 saturated carbocycles. The van der Waals surface area contributed by atoms with Gasteiger partial charge in [0.25, 0.3) is 0 Å². The molecule has 0 atom stereocenters. The Balaban J connectivity index is 2.21. The van der Waals surface area contributed by atoms with E-state index < -0.39 is 0 Å². The van der Waals surface area contributed by atoms with E-state index in [0.717, 1.165) is 12.0 Å². The molecule has 0 heterocycles. The van der Waals surface area contributed by atoms with Crippen molar-refractivity contribution in [3.8, 4) is 5.75 Å². The van der Waals surface area contributed by atoms with E-state index in [1.54, 1.807) is 6.07 Å². The predicted octanol–water partition coefficient (Wildman–Crippen LogP) is 2.78. The molecule has 88 valence electrons. The maximum absolute atomic E-state index is 9.48. The van der Waals surface area contributed by atoms with Gasteiger partial charge in [-0.2, -0.15) is 0 Å². The van der Waals surface area contributed by atoms with Gasteiger partial charge in [-0.1, -0.05) is 35.9 Å². The van der Waals surface area contributed by atoms with Gasteiger partial charge in [-0.05, 0) is 36.6 Å². The summed E-state index contributed by atoms with van der Waals surface area (Å²) in [5.74, 6) is 0.153. The number of aliphatic hydroxyl groups excluding tert-OH is 1. The minimum absolute atomic E-state index is 0.131. The molecule has 0 unspecified atom stereocenters. The van der Waals surface area contributed by atoms with Crippen molar-refractivity contribution in [1.29, 1.82) is 0 Å². The van der Waals surface area contributed by atoms with Crippen LogP contribution in [0.15, 0.2) is 42.5 Å². The highest BCUT2D eigenvalue weighted by atomic mass is 16.3. The molecule has 0 spiro atoms. The van der Waals surface area contributed by atoms with E-state index in [-0.39, 0.29) is 12.4 Å². The summed E-state index contributed by atoms with van der Waals surface area (Å²) in [4.78, 5) is 0. The monoisotopic (exact) mass is 228 g/mol. The first-order chi connectivity index (χ1) is 8.19. The topological polar surface area (TPSA) is 40.5 Å². The van der Waals surface area contributed by atoms with Crippen LogP contribution in [-0.2, 0) is 13.0 Å². The summed E-state index contributed by atoms with van der Waals surface area (Å²) in [5, 5.41) is 18.6. The molecule has 0 aromatic heterocycles. The van der Waals surface area contributed by atoms with Crippen molar-refractivity contribution in [2.45, 2.75) is 20.0 Å². The number of hydrogen-bond donors (Lipinski definition) is 2. The highest BCUT2D eigenvalue weighted by Crippen LogP contribution is 2.20. The van der Waals surface area contributed by atoms with Crippen LogP contribution in [-0.4, -0.2) is 10.2 Å². The highest BCUT2D eigenvalue weighted by molar-refractivity contribution is 5.38. The number of aryl methyl sites for hydroxylation is 1. The average Bonchev–Trinajstić information content (AvgIpc) is 2.34. The normalized spacial score (nSPS) is 10.5. The standard InChI is InChI=1S/C15H16O2/c1-11-2-4-12(5-3-11)8-13-6-7-15(17)14(9-13)10-16/h2-7,9,16-17H,8,10H2,1H3. The van der Waals surface area contributed by atoms with Crippen molar-refractivity contribution in [1.82, 2.24) is 0 Å². The predicted molar refractivity (Wildman–Crippen MR) is 68.0 cm³/mol. The quantitative estimate of drug-likeness (QED) is 0.848. The van der Waals surface area contributed by atoms with Gasteiger partial charge >= 0.3 is 0 Å². The van der Waals surface area contributed by atoms with Gasteiger partial charge in [0.15, 0.2) is 0 Å². The minimum atomic E-state index is -0.131. The maximum Gasteiger partial charge on any atom is 0.121 e. The molecule has 2 rings (SSSR count). The fourth-order valence-corrected chi connectivity index (χ4v) is 1.82. The SMILES string of the molecule is Cc1ccc(Cc2ccc(O)c(CO)c2)cc1. The Kier molecular flexibility index (Phi) is 3.45. The largest absolute Gasteiger partial charge is 0.508 e. The van der Waals surface area contributed by atoms with Crippen LogP contribution < -0.4 is 0 Å². The number of aromatic hydroxyl groups is 1. The number of rotatable bonds is 3. The number of hydrogen-bond acceptors (Lipinski definition) is 2. The summed E-state index contributed by atoms with van der Waals surface area (Å²) < 4.78 is 0. The molecule has 0 aliphatic rings. The van der Waals surface area contributed by atoms with Gasteiger partial charge in [-0.15, -0.1) is 0 Å². The molecular formula is C15H16O2. The van der Waals surface area contributed by atoms with Gasteiger partial charge in [0.2, 0.25) is 0 Å². The van der Waals surface area contributed by atoms with Crippen LogP contribution >= 0.6 is 0 Å². The summed E-state index contributed by atoms with van der Waals surface area (Å²) in [7, 11) is 0. The third kappa shape index (κ3) is 2.86. The highest BCUT2D eigenvalue weighted by Gasteiger charge is 2.02. The third-order valence-electron chi connectivity index (χ3n) is 2.84. The zero-order valence-corrected chi connectivity index (χ0v) is 9.85. The smallest absolute Gasteiger partial charge is 0.121 e. The lowest BCUT2D eigenvalue weighted by molar-refractivity contribution is 0.275. The van der Waals surface area contributed by atoms with E-state index >= 15 is 0 Å². The van der Waals surface area contributed by atoms with Gasteiger partial charge in [0.1, 0.15) is 5.75 Å². The van der Waals surface area contributed by atoms with Gasteiger partial charge in [0.05, 0.1) is 6.61 Å². The van der Waals surface area contributed by atoms with Crippen LogP contribution in [0.5, 0.6) is 5.75 Å². The Morgan fingerprint density at radius 1 is 0.941 bits per heavy atom. The lowest BCUT2D eigenvalue weighted by Crippen LogP contribution is -1.91. The van der Waals surface area contributed by atoms with Gasteiger partial charge in [-0.25, -0.2) is 0 Å². The maximum atomic E-state index is 9.48. The van der Waals surface area contributed by atoms with Crippen molar-refractivity contribution in [3.05, 3.63) is 64.7 Å². The summed E-state index contributed by atoms with van der Waals surface area (Å²) in [6.07, 6.45) is 0.813. The second kappa shape index (κ2) is 5.02. The lowest BCUT2D eigenvalue weighted by Gasteiger charge is -2.06. The molecule has 2 aromatic rings. The minimum Gasteiger partial charge on any atom is -0.508 e. The molecular weight excluding hydrogens is 212 g/mol. The van der Waals surface area contributed by atoms with Gasteiger partial charge in [0, 0.05) is 5.56 Å². The van der Waals surface area contributed by atoms with Crippen LogP contribution in [0.2, 0.25) is 0 Å². The second-order valence-electron chi connectivity index (χ2n) is 4.28. The molecule has 2 nitrogen and oxygen atoms in total. The first kappa shape index (κ1) is 11.7. The zero-order valence-electron chi connectivity index (χ0n) is 9.85. The van der Waals surface area contributed by atoms with Gasteiger partial charge in [-0.3, -0.25) is 0 Å². The van der Waals surface area contributed by atoms with Crippen LogP contribution in [0, 0.1) is 6.92 Å². The van der Waals surface area contributed by atoms with Crippen molar-refractivity contribution in [3.63, 3.8) is 0 Å². The van der Waals surface area contributed by atoms with Gasteiger partial charge < -0.3 is 10.2 Å². The van der Waals surface area contributed by atoms with Crippen LogP contribution in [0.4, 0.5) is 0 Å². The van der Waals surface area contributed by atoms with E-state index in [9.17, 15) is 5.11 Å². The molecule has 0 bridgehead atoms. The number of aliphatic hydroxyl groups is 1. The first-order valence-corrected chi connectivity index (χ1v) is 5.66. The summed E-state index contributed by atoms with van der Waals surface area (Å²) >= 11 is 0. The summed E-state index contributed by atoms with van der Waals surface area (Å²) in [6, 6.07) is 13.7. The van der Waals surface area contributed by atoms with E-state index in [1.165, 1.54) is 11.1 Å². The lowest BCUT2D eigenvalue weighted by atomic mass is 10.0. The molecule has 0 aliphatic carbocycles. The van der Waals surface area contributed by atoms with Crippen molar-refractivity contribution >= 4 is 0 Å². The van der Waals surface area contributed by atoms with E-state index in [1.807, 2.05) is 12.1 Å². The Hall–Kier alpha value is -1.80. The van der Waals surface area contributed by atoms with Crippen molar-refractivity contribution < 1.29 is 10.2 Å². The molecule has 0 saturated heterocycles. The Bertz CT molecular complexity index is 501. The fourth-order valence-electron chi connectivity index (χ4n) is 1.82. The van der Waals surface area contributed by atoms with Crippen molar-refractivity contribution in [2.24, 2.45) is 0 Å². The number of benzene rings is 2. The molecule has 2 heteroatoms. The molecule has 2 aromatic carbocycles. The summed E-state index contributed by atoms with van der Waals surface area (Å²) in [6.45, 7) is 1.93. The Morgan fingerprint density at radius 3 is 2.24 bits per heavy atom. The molecule has 17 heavy (non-hydrogen) atoms. The second-order valence-corrected chi connectivity index (χ2v) is 4.28. The molecule has 0 aliphatic heterocycles. The van der Waals surface area contributed by atoms with Crippen molar-refractivity contribution in [2.75, 3.05) is 0 Å². The van der Waals surface area contributed by atoms with E-state index in [2.05, 4.69) is 31.2 Å². The first-order valence-electron chi connectivity index (χ1n) is 5.66. The van der Waals surface area contributed by atoms with Crippen LogP contribution in [0.1, 0.15) is 22.3 Å². The molecule has 0 radical (unpaired) electrons. The molecule has 0 fully saturated rings. The van der Waals surface area contributed by atoms with Crippen LogP contribution in [0.3, 0.4) is 0 Å². The van der Waals surface area contributed by atoms with Crippen LogP contribution in [0.25, 0.3) is 0 Å².